The lowest BCUT2D eigenvalue weighted by atomic mass is 9.90. The van der Waals surface area contributed by atoms with Crippen LogP contribution in [-0.4, -0.2) is 31.5 Å². The third-order valence-corrected chi connectivity index (χ3v) is 5.45. The quantitative estimate of drug-likeness (QED) is 0.412. The molecule has 3 aromatic rings. The van der Waals surface area contributed by atoms with E-state index in [2.05, 4.69) is 31.1 Å². The summed E-state index contributed by atoms with van der Waals surface area (Å²) in [4.78, 5) is 14.8. The molecule has 4 heteroatoms. The number of benzene rings is 3. The van der Waals surface area contributed by atoms with E-state index in [-0.39, 0.29) is 18.0 Å². The largest absolute Gasteiger partial charge is 0.486 e. The highest BCUT2D eigenvalue weighted by Crippen LogP contribution is 2.37. The molecule has 4 rings (SSSR count). The minimum Gasteiger partial charge on any atom is -0.486 e. The van der Waals surface area contributed by atoms with Crippen molar-refractivity contribution in [1.82, 2.24) is 4.90 Å². The van der Waals surface area contributed by atoms with Crippen LogP contribution in [0.5, 0.6) is 11.5 Å². The smallest absolute Gasteiger partial charge is 0.319 e. The van der Waals surface area contributed by atoms with E-state index < -0.39 is 0 Å². The molecule has 2 atom stereocenters. The van der Waals surface area contributed by atoms with E-state index in [1.54, 1.807) is 0 Å². The lowest BCUT2D eigenvalue weighted by molar-refractivity contribution is -0.137. The number of carbonyl (C=O) groups excluding carboxylic acids is 1. The molecule has 4 nitrogen and oxygen atoms in total. The van der Waals surface area contributed by atoms with Gasteiger partial charge in [0.15, 0.2) is 0 Å². The summed E-state index contributed by atoms with van der Waals surface area (Å²) in [5.41, 5.74) is 3.15. The summed E-state index contributed by atoms with van der Waals surface area (Å²) in [6, 6.07) is 25.9. The van der Waals surface area contributed by atoms with Crippen molar-refractivity contribution in [3.63, 3.8) is 0 Å². The molecule has 0 radical (unpaired) electrons. The van der Waals surface area contributed by atoms with Crippen LogP contribution in [0.1, 0.15) is 35.1 Å². The van der Waals surface area contributed by atoms with Gasteiger partial charge in [-0.25, -0.2) is 0 Å². The number of nitrogens with zero attached hydrogens (tertiary/aromatic N) is 1. The lowest BCUT2D eigenvalue weighted by Gasteiger charge is -2.25. The number of esters is 1. The zero-order chi connectivity index (χ0) is 20.9. The van der Waals surface area contributed by atoms with Gasteiger partial charge >= 0.3 is 5.97 Å². The van der Waals surface area contributed by atoms with E-state index in [4.69, 9.17) is 9.47 Å². The molecule has 0 spiro atoms. The van der Waals surface area contributed by atoms with Crippen molar-refractivity contribution in [2.75, 3.05) is 20.6 Å². The second kappa shape index (κ2) is 9.14. The van der Waals surface area contributed by atoms with E-state index in [0.717, 1.165) is 29.7 Å². The Bertz CT molecular complexity index is 986. The minimum atomic E-state index is -0.261. The first-order chi connectivity index (χ1) is 14.6. The van der Waals surface area contributed by atoms with Crippen LogP contribution in [-0.2, 0) is 11.2 Å². The van der Waals surface area contributed by atoms with Gasteiger partial charge in [-0.1, -0.05) is 66.7 Å². The van der Waals surface area contributed by atoms with Gasteiger partial charge in [0.25, 0.3) is 0 Å². The molecule has 1 heterocycles. The van der Waals surface area contributed by atoms with E-state index in [9.17, 15) is 4.79 Å². The molecule has 0 saturated carbocycles. The molecule has 0 fully saturated rings. The predicted octanol–water partition coefficient (Wildman–Crippen LogP) is 5.00. The molecule has 0 aromatic heterocycles. The molecule has 0 saturated heterocycles. The van der Waals surface area contributed by atoms with Gasteiger partial charge in [-0.15, -0.1) is 0 Å². The Kier molecular flexibility index (Phi) is 6.15. The summed E-state index contributed by atoms with van der Waals surface area (Å²) >= 11 is 0. The van der Waals surface area contributed by atoms with Crippen LogP contribution in [0.4, 0.5) is 0 Å². The Balaban J connectivity index is 1.53. The van der Waals surface area contributed by atoms with Gasteiger partial charge in [0.05, 0.1) is 5.92 Å². The summed E-state index contributed by atoms with van der Waals surface area (Å²) in [5.74, 6) is 0.845. The maximum atomic E-state index is 12.6. The Morgan fingerprint density at radius 2 is 1.70 bits per heavy atom. The zero-order valence-electron chi connectivity index (χ0n) is 17.5. The summed E-state index contributed by atoms with van der Waals surface area (Å²) in [7, 11) is 4.12. The number of fused-ring (bicyclic) bond motifs is 1. The molecular formula is C26H27NO3. The lowest BCUT2D eigenvalue weighted by Crippen LogP contribution is -2.26. The Labute approximate surface area is 178 Å². The molecule has 0 bridgehead atoms. The Morgan fingerprint density at radius 1 is 1.00 bits per heavy atom. The monoisotopic (exact) mass is 401 g/mol. The molecule has 154 valence electrons. The van der Waals surface area contributed by atoms with Crippen LogP contribution < -0.4 is 9.47 Å². The standard InChI is InChI=1S/C26H27NO3/c1-27(2)16-15-24(20-11-7-4-8-12-20)29-22-14-13-21-17-23(19-9-5-3-6-10-19)26(28)30-25(21)18-22/h3-14,18,23-24H,15-17H2,1-2H3. The first-order valence-electron chi connectivity index (χ1n) is 10.4. The summed E-state index contributed by atoms with van der Waals surface area (Å²) in [6.07, 6.45) is 1.44. The minimum absolute atomic E-state index is 0.0667. The van der Waals surface area contributed by atoms with Crippen LogP contribution in [0.15, 0.2) is 78.9 Å². The zero-order valence-corrected chi connectivity index (χ0v) is 17.5. The van der Waals surface area contributed by atoms with Crippen molar-refractivity contribution < 1.29 is 14.3 Å². The first kappa shape index (κ1) is 20.2. The molecule has 1 aliphatic heterocycles. The normalized spacial score (nSPS) is 16.6. The Hall–Kier alpha value is -3.11. The molecular weight excluding hydrogens is 374 g/mol. The van der Waals surface area contributed by atoms with E-state index in [0.29, 0.717) is 17.9 Å². The molecule has 30 heavy (non-hydrogen) atoms. The van der Waals surface area contributed by atoms with Crippen molar-refractivity contribution in [3.05, 3.63) is 95.6 Å². The molecule has 3 aromatic carbocycles. The van der Waals surface area contributed by atoms with Crippen LogP contribution >= 0.6 is 0 Å². The number of ether oxygens (including phenoxy) is 2. The van der Waals surface area contributed by atoms with Gasteiger partial charge in [-0.3, -0.25) is 4.79 Å². The van der Waals surface area contributed by atoms with Gasteiger partial charge in [0, 0.05) is 19.0 Å². The molecule has 0 amide bonds. The topological polar surface area (TPSA) is 38.8 Å². The van der Waals surface area contributed by atoms with Crippen LogP contribution in [0.25, 0.3) is 0 Å². The Morgan fingerprint density at radius 3 is 2.40 bits per heavy atom. The first-order valence-corrected chi connectivity index (χ1v) is 10.4. The predicted molar refractivity (Wildman–Crippen MR) is 118 cm³/mol. The number of hydrogen-bond acceptors (Lipinski definition) is 4. The summed E-state index contributed by atoms with van der Waals surface area (Å²) in [5, 5.41) is 0. The molecule has 2 unspecified atom stereocenters. The third kappa shape index (κ3) is 4.71. The van der Waals surface area contributed by atoms with Crippen LogP contribution in [0.2, 0.25) is 0 Å². The summed E-state index contributed by atoms with van der Waals surface area (Å²) in [6.45, 7) is 0.915. The highest BCUT2D eigenvalue weighted by Gasteiger charge is 2.30. The second-order valence-electron chi connectivity index (χ2n) is 7.97. The van der Waals surface area contributed by atoms with Crippen molar-refractivity contribution >= 4 is 5.97 Å². The maximum Gasteiger partial charge on any atom is 0.319 e. The second-order valence-corrected chi connectivity index (χ2v) is 7.97. The van der Waals surface area contributed by atoms with Crippen LogP contribution in [0.3, 0.4) is 0 Å². The average molecular weight is 402 g/mol. The van der Waals surface area contributed by atoms with Gasteiger partial charge in [0.1, 0.15) is 17.6 Å². The number of carbonyl (C=O) groups is 1. The van der Waals surface area contributed by atoms with Gasteiger partial charge in [-0.2, -0.15) is 0 Å². The van der Waals surface area contributed by atoms with Gasteiger partial charge in [-0.05, 0) is 43.3 Å². The van der Waals surface area contributed by atoms with E-state index in [1.165, 1.54) is 0 Å². The molecule has 0 aliphatic carbocycles. The molecule has 1 aliphatic rings. The fourth-order valence-corrected chi connectivity index (χ4v) is 3.79. The van der Waals surface area contributed by atoms with E-state index in [1.807, 2.05) is 66.7 Å². The van der Waals surface area contributed by atoms with Gasteiger partial charge in [0.2, 0.25) is 0 Å². The highest BCUT2D eigenvalue weighted by molar-refractivity contribution is 5.83. The van der Waals surface area contributed by atoms with E-state index >= 15 is 0 Å². The van der Waals surface area contributed by atoms with Crippen molar-refractivity contribution in [3.8, 4) is 11.5 Å². The fraction of sp³-hybridized carbons (Fsp3) is 0.269. The third-order valence-electron chi connectivity index (χ3n) is 5.45. The SMILES string of the molecule is CN(C)CCC(Oc1ccc2c(c1)OC(=O)C(c1ccccc1)C2)c1ccccc1. The highest BCUT2D eigenvalue weighted by atomic mass is 16.5. The number of hydrogen-bond donors (Lipinski definition) is 0. The maximum absolute atomic E-state index is 12.6. The van der Waals surface area contributed by atoms with Gasteiger partial charge < -0.3 is 14.4 Å². The summed E-state index contributed by atoms with van der Waals surface area (Å²) < 4.78 is 12.0. The van der Waals surface area contributed by atoms with Crippen molar-refractivity contribution in [2.24, 2.45) is 0 Å². The fourth-order valence-electron chi connectivity index (χ4n) is 3.79. The number of rotatable bonds is 7. The molecule has 0 N–H and O–H groups in total. The average Bonchev–Trinajstić information content (AvgIpc) is 2.77. The van der Waals surface area contributed by atoms with Crippen molar-refractivity contribution in [2.45, 2.75) is 24.9 Å². The van der Waals surface area contributed by atoms with Crippen molar-refractivity contribution in [1.29, 1.82) is 0 Å². The van der Waals surface area contributed by atoms with Crippen LogP contribution in [0, 0.1) is 0 Å².